The fourth-order valence-corrected chi connectivity index (χ4v) is 3.27. The van der Waals surface area contributed by atoms with E-state index in [1.54, 1.807) is 24.4 Å². The number of carbonyl (C=O) groups excluding carboxylic acids is 1. The van der Waals surface area contributed by atoms with Crippen LogP contribution in [0.25, 0.3) is 0 Å². The third-order valence-electron chi connectivity index (χ3n) is 4.21. The Bertz CT molecular complexity index is 722. The Morgan fingerprint density at radius 2 is 2.04 bits per heavy atom. The van der Waals surface area contributed by atoms with Crippen molar-refractivity contribution in [2.45, 2.75) is 6.04 Å². The molecule has 2 aromatic rings. The molecule has 25 heavy (non-hydrogen) atoms. The van der Waals surface area contributed by atoms with Crippen LogP contribution in [0.15, 0.2) is 42.7 Å². The zero-order valence-electron chi connectivity index (χ0n) is 13.6. The molecule has 1 N–H and O–H groups in total. The lowest BCUT2D eigenvalue weighted by Gasteiger charge is -2.34. The summed E-state index contributed by atoms with van der Waals surface area (Å²) in [7, 11) is 0. The number of nitrogens with one attached hydrogen (secondary N) is 1. The van der Waals surface area contributed by atoms with E-state index in [4.69, 9.17) is 27.9 Å². The smallest absolute Gasteiger partial charge is 0.252 e. The SMILES string of the molecule is O=C(NCC(c1cccnc1)N1CCOCC1)c1cccc(Cl)c1Cl. The molecular formula is C18H19Cl2N3O2. The maximum Gasteiger partial charge on any atom is 0.252 e. The molecule has 1 unspecified atom stereocenters. The third kappa shape index (κ3) is 4.50. The van der Waals surface area contributed by atoms with Crippen LogP contribution in [-0.4, -0.2) is 48.6 Å². The Labute approximate surface area is 156 Å². The zero-order valence-corrected chi connectivity index (χ0v) is 15.1. The van der Waals surface area contributed by atoms with Crippen LogP contribution in [0, 0.1) is 0 Å². The van der Waals surface area contributed by atoms with Crippen LogP contribution < -0.4 is 5.32 Å². The van der Waals surface area contributed by atoms with Gasteiger partial charge in [-0.3, -0.25) is 14.7 Å². The minimum Gasteiger partial charge on any atom is -0.379 e. The monoisotopic (exact) mass is 379 g/mol. The first kappa shape index (κ1) is 18.1. The lowest BCUT2D eigenvalue weighted by Crippen LogP contribution is -2.43. The summed E-state index contributed by atoms with van der Waals surface area (Å²) in [6.45, 7) is 3.45. The highest BCUT2D eigenvalue weighted by Gasteiger charge is 2.24. The van der Waals surface area contributed by atoms with E-state index < -0.39 is 0 Å². The van der Waals surface area contributed by atoms with E-state index in [1.165, 1.54) is 0 Å². The zero-order chi connectivity index (χ0) is 17.6. The fraction of sp³-hybridized carbons (Fsp3) is 0.333. The molecule has 0 aliphatic carbocycles. The lowest BCUT2D eigenvalue weighted by molar-refractivity contribution is 0.0161. The van der Waals surface area contributed by atoms with Crippen molar-refractivity contribution >= 4 is 29.1 Å². The van der Waals surface area contributed by atoms with Crippen LogP contribution >= 0.6 is 23.2 Å². The molecule has 1 amide bonds. The Balaban J connectivity index is 1.74. The van der Waals surface area contributed by atoms with Gasteiger partial charge in [-0.25, -0.2) is 0 Å². The van der Waals surface area contributed by atoms with Gasteiger partial charge in [0.25, 0.3) is 5.91 Å². The maximum atomic E-state index is 12.5. The number of halogens is 2. The first-order chi connectivity index (χ1) is 12.2. The minimum atomic E-state index is -0.241. The van der Waals surface area contributed by atoms with E-state index in [2.05, 4.69) is 15.2 Å². The van der Waals surface area contributed by atoms with E-state index in [0.29, 0.717) is 30.3 Å². The molecule has 2 heterocycles. The Morgan fingerprint density at radius 1 is 1.24 bits per heavy atom. The highest BCUT2D eigenvalue weighted by Crippen LogP contribution is 2.26. The summed E-state index contributed by atoms with van der Waals surface area (Å²) < 4.78 is 5.43. The number of morpholine rings is 1. The number of carbonyl (C=O) groups is 1. The number of nitrogens with zero attached hydrogens (tertiary/aromatic N) is 2. The summed E-state index contributed by atoms with van der Waals surface area (Å²) in [6, 6.07) is 8.98. The van der Waals surface area contributed by atoms with Gasteiger partial charge in [-0.15, -0.1) is 0 Å². The summed E-state index contributed by atoms with van der Waals surface area (Å²) in [5.74, 6) is -0.241. The molecule has 3 rings (SSSR count). The predicted molar refractivity (Wildman–Crippen MR) is 98.2 cm³/mol. The van der Waals surface area contributed by atoms with E-state index in [0.717, 1.165) is 18.7 Å². The molecule has 5 nitrogen and oxygen atoms in total. The van der Waals surface area contributed by atoms with E-state index in [-0.39, 0.29) is 17.0 Å². The highest BCUT2D eigenvalue weighted by atomic mass is 35.5. The summed E-state index contributed by atoms with van der Waals surface area (Å²) in [4.78, 5) is 19.0. The van der Waals surface area contributed by atoms with Gasteiger partial charge in [-0.05, 0) is 23.8 Å². The molecule has 0 radical (unpaired) electrons. The molecule has 1 aliphatic rings. The van der Waals surface area contributed by atoms with Crippen LogP contribution in [0.3, 0.4) is 0 Å². The molecule has 0 saturated carbocycles. The van der Waals surface area contributed by atoms with Crippen LogP contribution in [0.4, 0.5) is 0 Å². The standard InChI is InChI=1S/C18H19Cl2N3O2/c19-15-5-1-4-14(17(15)20)18(24)22-12-16(13-3-2-6-21-11-13)23-7-9-25-10-8-23/h1-6,11,16H,7-10,12H2,(H,22,24). The van der Waals surface area contributed by atoms with Crippen molar-refractivity contribution in [3.63, 3.8) is 0 Å². The van der Waals surface area contributed by atoms with E-state index >= 15 is 0 Å². The molecule has 132 valence electrons. The minimum absolute atomic E-state index is 0.0273. The molecule has 0 bridgehead atoms. The van der Waals surface area contributed by atoms with Gasteiger partial charge in [-0.2, -0.15) is 0 Å². The molecule has 1 saturated heterocycles. The molecule has 0 spiro atoms. The third-order valence-corrected chi connectivity index (χ3v) is 5.03. The number of benzene rings is 1. The van der Waals surface area contributed by atoms with Crippen molar-refractivity contribution in [1.29, 1.82) is 0 Å². The van der Waals surface area contributed by atoms with Gasteiger partial charge < -0.3 is 10.1 Å². The van der Waals surface area contributed by atoms with Crippen LogP contribution in [-0.2, 0) is 4.74 Å². The number of rotatable bonds is 5. The normalized spacial score (nSPS) is 16.4. The number of pyridine rings is 1. The highest BCUT2D eigenvalue weighted by molar-refractivity contribution is 6.43. The molecule has 1 aromatic heterocycles. The van der Waals surface area contributed by atoms with Crippen molar-refractivity contribution in [3.05, 3.63) is 63.9 Å². The molecule has 1 fully saturated rings. The first-order valence-electron chi connectivity index (χ1n) is 8.11. The van der Waals surface area contributed by atoms with Gasteiger partial charge in [0.1, 0.15) is 0 Å². The van der Waals surface area contributed by atoms with Crippen molar-refractivity contribution in [1.82, 2.24) is 15.2 Å². The second-order valence-electron chi connectivity index (χ2n) is 5.76. The van der Waals surface area contributed by atoms with Gasteiger partial charge in [0.05, 0.1) is 34.9 Å². The quantitative estimate of drug-likeness (QED) is 0.866. The fourth-order valence-electron chi connectivity index (χ4n) is 2.88. The second kappa shape index (κ2) is 8.63. The number of hydrogen-bond acceptors (Lipinski definition) is 4. The average molecular weight is 380 g/mol. The second-order valence-corrected chi connectivity index (χ2v) is 6.55. The van der Waals surface area contributed by atoms with Gasteiger partial charge in [0, 0.05) is 32.0 Å². The van der Waals surface area contributed by atoms with Crippen LogP contribution in [0.2, 0.25) is 10.0 Å². The van der Waals surface area contributed by atoms with Crippen molar-refractivity contribution in [3.8, 4) is 0 Å². The Kier molecular flexibility index (Phi) is 6.26. The molecule has 7 heteroatoms. The average Bonchev–Trinajstić information content (AvgIpc) is 2.66. The lowest BCUT2D eigenvalue weighted by atomic mass is 10.1. The van der Waals surface area contributed by atoms with Crippen molar-refractivity contribution in [2.24, 2.45) is 0 Å². The Hall–Kier alpha value is -1.66. The molecule has 1 aliphatic heterocycles. The van der Waals surface area contributed by atoms with Crippen LogP contribution in [0.1, 0.15) is 22.0 Å². The Morgan fingerprint density at radius 3 is 2.76 bits per heavy atom. The van der Waals surface area contributed by atoms with E-state index in [9.17, 15) is 4.79 Å². The summed E-state index contributed by atoms with van der Waals surface area (Å²) in [5, 5.41) is 3.61. The van der Waals surface area contributed by atoms with Gasteiger partial charge >= 0.3 is 0 Å². The van der Waals surface area contributed by atoms with Gasteiger partial charge in [0.15, 0.2) is 0 Å². The maximum absolute atomic E-state index is 12.5. The predicted octanol–water partition coefficient (Wildman–Crippen LogP) is 3.19. The van der Waals surface area contributed by atoms with Crippen LogP contribution in [0.5, 0.6) is 0 Å². The molecular weight excluding hydrogens is 361 g/mol. The van der Waals surface area contributed by atoms with Crippen molar-refractivity contribution < 1.29 is 9.53 Å². The largest absolute Gasteiger partial charge is 0.379 e. The van der Waals surface area contributed by atoms with E-state index in [1.807, 2.05) is 18.3 Å². The molecule has 1 atom stereocenters. The molecule has 1 aromatic carbocycles. The summed E-state index contributed by atoms with van der Waals surface area (Å²) >= 11 is 12.1. The number of aromatic nitrogens is 1. The first-order valence-corrected chi connectivity index (χ1v) is 8.86. The van der Waals surface area contributed by atoms with Crippen molar-refractivity contribution in [2.75, 3.05) is 32.8 Å². The number of hydrogen-bond donors (Lipinski definition) is 1. The topological polar surface area (TPSA) is 54.5 Å². The van der Waals surface area contributed by atoms with Gasteiger partial charge in [0.2, 0.25) is 0 Å². The number of amides is 1. The summed E-state index contributed by atoms with van der Waals surface area (Å²) in [5.41, 5.74) is 1.43. The number of ether oxygens (including phenoxy) is 1. The van der Waals surface area contributed by atoms with Gasteiger partial charge in [-0.1, -0.05) is 35.3 Å². The summed E-state index contributed by atoms with van der Waals surface area (Å²) in [6.07, 6.45) is 3.57.